The minimum atomic E-state index is -0.0121. The molecule has 6 rings (SSSR count). The zero-order chi connectivity index (χ0) is 23.1. The molecule has 1 aliphatic heterocycles. The lowest BCUT2D eigenvalue weighted by molar-refractivity contribution is -0.112. The molecule has 164 valence electrons. The van der Waals surface area contributed by atoms with Gasteiger partial charge < -0.3 is 4.57 Å². The number of halogens is 1. The summed E-state index contributed by atoms with van der Waals surface area (Å²) in [5.41, 5.74) is 6.76. The fourth-order valence-corrected chi connectivity index (χ4v) is 4.80. The number of anilines is 2. The normalized spacial score (nSPS) is 14.2. The fraction of sp³-hybridized carbons (Fsp3) is 0.0333. The average Bonchev–Trinajstić information content (AvgIpc) is 3.36. The number of aromatic nitrogens is 1. The van der Waals surface area contributed by atoms with Gasteiger partial charge in [0, 0.05) is 45.5 Å². The van der Waals surface area contributed by atoms with Crippen molar-refractivity contribution in [2.24, 2.45) is 0 Å². The Balaban J connectivity index is 1.47. The largest absolute Gasteiger partial charge is 0.342 e. The van der Waals surface area contributed by atoms with Crippen molar-refractivity contribution in [2.45, 2.75) is 6.54 Å². The number of rotatable bonds is 4. The standard InChI is InChI=1S/C30H21ClN2O/c31-23-16-14-21(15-17-23)19-32-20-22(25-10-4-6-12-28(25)32)18-27-26-11-5-7-13-29(26)33(30(27)34)24-8-2-1-3-9-24/h1-18,20H,19H2/b27-18+. The molecule has 1 aromatic heterocycles. The van der Waals surface area contributed by atoms with Crippen LogP contribution in [-0.2, 0) is 11.3 Å². The molecule has 4 aromatic carbocycles. The van der Waals surface area contributed by atoms with E-state index in [0.29, 0.717) is 5.57 Å². The number of hydrogen-bond acceptors (Lipinski definition) is 1. The van der Waals surface area contributed by atoms with E-state index in [-0.39, 0.29) is 5.91 Å². The Morgan fingerprint density at radius 3 is 2.29 bits per heavy atom. The molecule has 0 saturated heterocycles. The van der Waals surface area contributed by atoms with Crippen molar-refractivity contribution in [3.8, 4) is 0 Å². The van der Waals surface area contributed by atoms with Gasteiger partial charge in [-0.15, -0.1) is 0 Å². The van der Waals surface area contributed by atoms with Crippen LogP contribution in [0.15, 0.2) is 109 Å². The molecule has 0 radical (unpaired) electrons. The van der Waals surface area contributed by atoms with E-state index in [2.05, 4.69) is 22.9 Å². The average molecular weight is 461 g/mol. The van der Waals surface area contributed by atoms with Crippen molar-refractivity contribution >= 4 is 51.4 Å². The first kappa shape index (κ1) is 20.5. The Bertz CT molecular complexity index is 1550. The lowest BCUT2D eigenvalue weighted by Gasteiger charge is -2.16. The first-order chi connectivity index (χ1) is 16.7. The number of carbonyl (C=O) groups excluding carboxylic acids is 1. The summed E-state index contributed by atoms with van der Waals surface area (Å²) < 4.78 is 2.23. The first-order valence-electron chi connectivity index (χ1n) is 11.2. The second kappa shape index (κ2) is 8.36. The summed E-state index contributed by atoms with van der Waals surface area (Å²) in [6.07, 6.45) is 4.16. The van der Waals surface area contributed by atoms with Gasteiger partial charge in [-0.2, -0.15) is 0 Å². The van der Waals surface area contributed by atoms with Gasteiger partial charge in [0.25, 0.3) is 5.91 Å². The van der Waals surface area contributed by atoms with E-state index < -0.39 is 0 Å². The molecule has 2 heterocycles. The molecule has 0 atom stereocenters. The molecule has 1 amide bonds. The summed E-state index contributed by atoms with van der Waals surface area (Å²) in [5.74, 6) is -0.0121. The van der Waals surface area contributed by atoms with Gasteiger partial charge >= 0.3 is 0 Å². The molecule has 0 aliphatic carbocycles. The first-order valence-corrected chi connectivity index (χ1v) is 11.6. The molecule has 0 saturated carbocycles. The summed E-state index contributed by atoms with van der Waals surface area (Å²) in [6, 6.07) is 34.0. The third-order valence-corrected chi connectivity index (χ3v) is 6.52. The maximum Gasteiger partial charge on any atom is 0.263 e. The van der Waals surface area contributed by atoms with Gasteiger partial charge in [0.1, 0.15) is 0 Å². The predicted octanol–water partition coefficient (Wildman–Crippen LogP) is 7.56. The number of benzene rings is 4. The summed E-state index contributed by atoms with van der Waals surface area (Å²) >= 11 is 6.07. The van der Waals surface area contributed by atoms with Crippen LogP contribution in [0, 0.1) is 0 Å². The molecular weight excluding hydrogens is 440 g/mol. The van der Waals surface area contributed by atoms with E-state index in [9.17, 15) is 4.79 Å². The molecule has 0 N–H and O–H groups in total. The van der Waals surface area contributed by atoms with Gasteiger partial charge in [-0.25, -0.2) is 0 Å². The lowest BCUT2D eigenvalue weighted by atomic mass is 10.0. The van der Waals surface area contributed by atoms with Crippen molar-refractivity contribution < 1.29 is 4.79 Å². The van der Waals surface area contributed by atoms with Gasteiger partial charge in [0.2, 0.25) is 0 Å². The van der Waals surface area contributed by atoms with E-state index in [1.165, 1.54) is 5.56 Å². The van der Waals surface area contributed by atoms with Gasteiger partial charge in [-0.05, 0) is 48.0 Å². The fourth-order valence-electron chi connectivity index (χ4n) is 4.68. The van der Waals surface area contributed by atoms with E-state index in [0.717, 1.165) is 45.0 Å². The quantitative estimate of drug-likeness (QED) is 0.254. The number of carbonyl (C=O) groups is 1. The van der Waals surface area contributed by atoms with Crippen LogP contribution in [0.1, 0.15) is 16.7 Å². The molecule has 0 bridgehead atoms. The molecule has 0 unspecified atom stereocenters. The van der Waals surface area contributed by atoms with Crippen LogP contribution >= 0.6 is 11.6 Å². The van der Waals surface area contributed by atoms with Crippen molar-refractivity contribution in [1.29, 1.82) is 0 Å². The van der Waals surface area contributed by atoms with Crippen LogP contribution in [-0.4, -0.2) is 10.5 Å². The van der Waals surface area contributed by atoms with Crippen LogP contribution in [0.3, 0.4) is 0 Å². The molecule has 3 nitrogen and oxygen atoms in total. The number of nitrogens with zero attached hydrogens (tertiary/aromatic N) is 2. The van der Waals surface area contributed by atoms with E-state index in [1.54, 1.807) is 4.90 Å². The number of fused-ring (bicyclic) bond motifs is 2. The lowest BCUT2D eigenvalue weighted by Crippen LogP contribution is -2.20. The second-order valence-corrected chi connectivity index (χ2v) is 8.84. The maximum atomic E-state index is 13.7. The summed E-state index contributed by atoms with van der Waals surface area (Å²) in [5, 5.41) is 1.85. The van der Waals surface area contributed by atoms with Crippen LogP contribution in [0.25, 0.3) is 22.6 Å². The molecule has 0 spiro atoms. The SMILES string of the molecule is O=C1/C(=C/c2cn(Cc3ccc(Cl)cc3)c3ccccc23)c2ccccc2N1c1ccccc1. The molecule has 1 aliphatic rings. The van der Waals surface area contributed by atoms with Crippen molar-refractivity contribution in [3.05, 3.63) is 131 Å². The topological polar surface area (TPSA) is 25.2 Å². The van der Waals surface area contributed by atoms with E-state index in [4.69, 9.17) is 11.6 Å². The van der Waals surface area contributed by atoms with Crippen LogP contribution < -0.4 is 4.90 Å². The van der Waals surface area contributed by atoms with E-state index in [1.807, 2.05) is 97.1 Å². The van der Waals surface area contributed by atoms with Gasteiger partial charge in [-0.3, -0.25) is 9.69 Å². The van der Waals surface area contributed by atoms with Crippen molar-refractivity contribution in [1.82, 2.24) is 4.57 Å². The summed E-state index contributed by atoms with van der Waals surface area (Å²) in [4.78, 5) is 15.5. The van der Waals surface area contributed by atoms with Gasteiger partial charge in [0.05, 0.1) is 11.3 Å². The Kier molecular flexibility index (Phi) is 5.05. The molecular formula is C30H21ClN2O. The highest BCUT2D eigenvalue weighted by Gasteiger charge is 2.33. The van der Waals surface area contributed by atoms with Crippen LogP contribution in [0.4, 0.5) is 11.4 Å². The smallest absolute Gasteiger partial charge is 0.263 e. The maximum absolute atomic E-state index is 13.7. The Hall–Kier alpha value is -4.08. The number of amides is 1. The third kappa shape index (κ3) is 3.51. The zero-order valence-electron chi connectivity index (χ0n) is 18.4. The second-order valence-electron chi connectivity index (χ2n) is 8.41. The van der Waals surface area contributed by atoms with Crippen LogP contribution in [0.5, 0.6) is 0 Å². The Labute approximate surface area is 203 Å². The summed E-state index contributed by atoms with van der Waals surface area (Å²) in [7, 11) is 0. The zero-order valence-corrected chi connectivity index (χ0v) is 19.1. The monoisotopic (exact) mass is 460 g/mol. The van der Waals surface area contributed by atoms with E-state index >= 15 is 0 Å². The molecule has 34 heavy (non-hydrogen) atoms. The highest BCUT2D eigenvalue weighted by Crippen LogP contribution is 2.42. The van der Waals surface area contributed by atoms with Crippen LogP contribution in [0.2, 0.25) is 5.02 Å². The third-order valence-electron chi connectivity index (χ3n) is 6.27. The predicted molar refractivity (Wildman–Crippen MR) is 140 cm³/mol. The molecule has 0 fully saturated rings. The number of para-hydroxylation sites is 3. The molecule has 4 heteroatoms. The Morgan fingerprint density at radius 1 is 0.765 bits per heavy atom. The Morgan fingerprint density at radius 2 is 1.47 bits per heavy atom. The summed E-state index contributed by atoms with van der Waals surface area (Å²) in [6.45, 7) is 0.724. The molecule has 5 aromatic rings. The minimum absolute atomic E-state index is 0.0121. The van der Waals surface area contributed by atoms with Gasteiger partial charge in [-0.1, -0.05) is 78.3 Å². The minimum Gasteiger partial charge on any atom is -0.342 e. The highest BCUT2D eigenvalue weighted by molar-refractivity contribution is 6.38. The van der Waals surface area contributed by atoms with Gasteiger partial charge in [0.15, 0.2) is 0 Å². The van der Waals surface area contributed by atoms with Crippen molar-refractivity contribution in [2.75, 3.05) is 4.90 Å². The highest BCUT2D eigenvalue weighted by atomic mass is 35.5. The van der Waals surface area contributed by atoms with Crippen molar-refractivity contribution in [3.63, 3.8) is 0 Å². The number of hydrogen-bond donors (Lipinski definition) is 0.